The van der Waals surface area contributed by atoms with Crippen LogP contribution in [-0.2, 0) is 6.61 Å². The van der Waals surface area contributed by atoms with E-state index in [-0.39, 0.29) is 11.5 Å². The van der Waals surface area contributed by atoms with Crippen molar-refractivity contribution in [2.45, 2.75) is 12.6 Å². The number of aromatic nitrogens is 1. The van der Waals surface area contributed by atoms with Crippen LogP contribution in [0.5, 0.6) is 5.75 Å². The Morgan fingerprint density at radius 2 is 2.04 bits per heavy atom. The van der Waals surface area contributed by atoms with Crippen molar-refractivity contribution in [3.63, 3.8) is 0 Å². The highest BCUT2D eigenvalue weighted by Gasteiger charge is 2.28. The fraction of sp³-hybridized carbons (Fsp3) is 0.111. The number of aliphatic hydroxyl groups is 1. The van der Waals surface area contributed by atoms with Gasteiger partial charge in [0.2, 0.25) is 11.2 Å². The number of rotatable bonds is 5. The maximum Gasteiger partial charge on any atom is 0.273 e. The molecule has 6 nitrogen and oxygen atoms in total. The van der Waals surface area contributed by atoms with Crippen LogP contribution in [0.25, 0.3) is 0 Å². The van der Waals surface area contributed by atoms with Crippen molar-refractivity contribution in [2.24, 2.45) is 0 Å². The minimum Gasteiger partial charge on any atom is -0.502 e. The van der Waals surface area contributed by atoms with Crippen LogP contribution in [0.3, 0.4) is 0 Å². The van der Waals surface area contributed by atoms with Crippen molar-refractivity contribution in [1.29, 1.82) is 0 Å². The van der Waals surface area contributed by atoms with Gasteiger partial charge < -0.3 is 14.6 Å². The zero-order valence-electron chi connectivity index (χ0n) is 13.1. The molecule has 2 heterocycles. The number of aromatic hydroxyl groups is 1. The van der Waals surface area contributed by atoms with Gasteiger partial charge in [-0.05, 0) is 18.2 Å². The van der Waals surface area contributed by atoms with Gasteiger partial charge in [0.15, 0.2) is 11.8 Å². The van der Waals surface area contributed by atoms with E-state index in [1.165, 1.54) is 18.2 Å². The van der Waals surface area contributed by atoms with Crippen LogP contribution in [-0.4, -0.2) is 10.2 Å². The summed E-state index contributed by atoms with van der Waals surface area (Å²) < 4.78 is 19.1. The summed E-state index contributed by atoms with van der Waals surface area (Å²) in [4.78, 5) is 14.9. The molecular weight excluding hydrogens is 327 g/mol. The van der Waals surface area contributed by atoms with E-state index >= 15 is 0 Å². The zero-order chi connectivity index (χ0) is 17.8. The quantitative estimate of drug-likeness (QED) is 0.658. The summed E-state index contributed by atoms with van der Waals surface area (Å²) in [6.45, 7) is -0.504. The van der Waals surface area contributed by atoms with Crippen LogP contribution in [0.1, 0.15) is 23.1 Å². The molecule has 2 aromatic heterocycles. The van der Waals surface area contributed by atoms with Gasteiger partial charge in [-0.2, -0.15) is 0 Å². The average Bonchev–Trinajstić information content (AvgIpc) is 2.63. The van der Waals surface area contributed by atoms with E-state index in [0.29, 0.717) is 11.4 Å². The van der Waals surface area contributed by atoms with Gasteiger partial charge in [-0.1, -0.05) is 18.2 Å². The molecule has 1 atom stereocenters. The maximum absolute atomic E-state index is 13.7. The Kier molecular flexibility index (Phi) is 4.76. The van der Waals surface area contributed by atoms with E-state index in [2.05, 4.69) is 10.3 Å². The standard InChI is InChI=1S/C18H15FN2O4/c19-12-5-3-4-11(8-12)16(21-15-6-1-2-7-20-15)18-17(24)14(23)9-13(10-22)25-18/h1-9,16,22,24H,10H2,(H,20,21)/p+1/t16-/m1/s1. The molecule has 0 fully saturated rings. The minimum absolute atomic E-state index is 0.00181. The van der Waals surface area contributed by atoms with Crippen LogP contribution in [0.2, 0.25) is 0 Å². The number of anilines is 1. The summed E-state index contributed by atoms with van der Waals surface area (Å²) in [7, 11) is 0. The number of hydrogen-bond acceptors (Lipinski definition) is 5. The van der Waals surface area contributed by atoms with Crippen molar-refractivity contribution >= 4 is 5.82 Å². The van der Waals surface area contributed by atoms with Crippen molar-refractivity contribution in [2.75, 3.05) is 5.32 Å². The van der Waals surface area contributed by atoms with Gasteiger partial charge in [-0.25, -0.2) is 9.37 Å². The number of benzene rings is 1. The Labute approximate surface area is 142 Å². The molecule has 0 saturated heterocycles. The van der Waals surface area contributed by atoms with Gasteiger partial charge in [-0.15, -0.1) is 0 Å². The van der Waals surface area contributed by atoms with Crippen molar-refractivity contribution in [3.8, 4) is 5.75 Å². The van der Waals surface area contributed by atoms with Crippen molar-refractivity contribution in [1.82, 2.24) is 0 Å². The van der Waals surface area contributed by atoms with Gasteiger partial charge in [0.25, 0.3) is 5.82 Å². The van der Waals surface area contributed by atoms with Crippen molar-refractivity contribution < 1.29 is 24.0 Å². The molecule has 0 aliphatic carbocycles. The van der Waals surface area contributed by atoms with Gasteiger partial charge >= 0.3 is 0 Å². The Morgan fingerprint density at radius 1 is 1.20 bits per heavy atom. The fourth-order valence-corrected chi connectivity index (χ4v) is 2.45. The van der Waals surface area contributed by atoms with E-state index in [9.17, 15) is 19.4 Å². The zero-order valence-corrected chi connectivity index (χ0v) is 13.1. The molecule has 3 rings (SSSR count). The first-order valence-electron chi connectivity index (χ1n) is 7.54. The topological polar surface area (TPSA) is 96.8 Å². The predicted octanol–water partition coefficient (Wildman–Crippen LogP) is 1.99. The lowest BCUT2D eigenvalue weighted by Gasteiger charge is -2.16. The van der Waals surface area contributed by atoms with E-state index < -0.39 is 29.6 Å². The van der Waals surface area contributed by atoms with Crippen LogP contribution >= 0.6 is 0 Å². The molecule has 0 radical (unpaired) electrons. The molecule has 0 unspecified atom stereocenters. The summed E-state index contributed by atoms with van der Waals surface area (Å²) in [6.07, 6.45) is 1.69. The highest BCUT2D eigenvalue weighted by Crippen LogP contribution is 2.30. The molecule has 0 aliphatic heterocycles. The first-order chi connectivity index (χ1) is 12.1. The SMILES string of the molecule is O=c1cc(CO)oc([C@H](Nc2cccc[nH+]2)c2cccc(F)c2)c1O. The molecule has 7 heteroatoms. The van der Waals surface area contributed by atoms with Gasteiger partial charge in [0.05, 0.1) is 6.20 Å². The molecule has 0 spiro atoms. The second-order valence-electron chi connectivity index (χ2n) is 5.36. The molecule has 4 N–H and O–H groups in total. The molecule has 25 heavy (non-hydrogen) atoms. The summed E-state index contributed by atoms with van der Waals surface area (Å²) in [5, 5.41) is 22.5. The largest absolute Gasteiger partial charge is 0.502 e. The van der Waals surface area contributed by atoms with E-state index in [1.807, 2.05) is 0 Å². The van der Waals surface area contributed by atoms with Crippen molar-refractivity contribution in [3.05, 3.63) is 87.9 Å². The number of H-pyrrole nitrogens is 1. The number of halogens is 1. The third kappa shape index (κ3) is 3.67. The Bertz CT molecular complexity index is 928. The molecular formula is C18H16FN2O4+. The lowest BCUT2D eigenvalue weighted by Crippen LogP contribution is -2.20. The summed E-state index contributed by atoms with van der Waals surface area (Å²) in [6, 6.07) is 11.2. The Balaban J connectivity index is 2.14. The smallest absolute Gasteiger partial charge is 0.273 e. The van der Waals surface area contributed by atoms with Gasteiger partial charge in [0.1, 0.15) is 18.2 Å². The Morgan fingerprint density at radius 3 is 2.72 bits per heavy atom. The summed E-state index contributed by atoms with van der Waals surface area (Å²) in [5.74, 6) is -0.623. The highest BCUT2D eigenvalue weighted by atomic mass is 19.1. The second kappa shape index (κ2) is 7.14. The predicted molar refractivity (Wildman–Crippen MR) is 87.4 cm³/mol. The van der Waals surface area contributed by atoms with Crippen LogP contribution < -0.4 is 15.7 Å². The van der Waals surface area contributed by atoms with Crippen LogP contribution in [0, 0.1) is 5.82 Å². The normalized spacial score (nSPS) is 11.9. The first-order valence-corrected chi connectivity index (χ1v) is 7.54. The lowest BCUT2D eigenvalue weighted by molar-refractivity contribution is -0.361. The molecule has 1 aromatic carbocycles. The highest BCUT2D eigenvalue weighted by molar-refractivity contribution is 5.43. The van der Waals surface area contributed by atoms with Crippen LogP contribution in [0.4, 0.5) is 10.2 Å². The number of aromatic amines is 1. The number of pyridine rings is 1. The molecule has 0 aliphatic rings. The molecule has 128 valence electrons. The number of aliphatic hydroxyl groups excluding tert-OH is 1. The third-order valence-electron chi connectivity index (χ3n) is 3.61. The molecule has 0 bridgehead atoms. The average molecular weight is 343 g/mol. The molecule has 0 amide bonds. The Hall–Kier alpha value is -3.19. The van der Waals surface area contributed by atoms with Gasteiger partial charge in [0, 0.05) is 17.7 Å². The summed E-state index contributed by atoms with van der Waals surface area (Å²) in [5.41, 5.74) is -0.253. The minimum atomic E-state index is -0.853. The molecule has 0 saturated carbocycles. The monoisotopic (exact) mass is 343 g/mol. The van der Waals surface area contributed by atoms with Crippen LogP contribution in [0.15, 0.2) is 63.9 Å². The number of nitrogens with one attached hydrogen (secondary N) is 2. The van der Waals surface area contributed by atoms with E-state index in [4.69, 9.17) is 4.42 Å². The maximum atomic E-state index is 13.7. The number of hydrogen-bond donors (Lipinski definition) is 3. The second-order valence-corrected chi connectivity index (χ2v) is 5.36. The summed E-state index contributed by atoms with van der Waals surface area (Å²) >= 11 is 0. The van der Waals surface area contributed by atoms with E-state index in [0.717, 1.165) is 6.07 Å². The first kappa shape index (κ1) is 16.7. The fourth-order valence-electron chi connectivity index (χ4n) is 2.45. The van der Waals surface area contributed by atoms with E-state index in [1.54, 1.807) is 30.5 Å². The third-order valence-corrected chi connectivity index (χ3v) is 3.61. The van der Waals surface area contributed by atoms with Gasteiger partial charge in [-0.3, -0.25) is 10.1 Å². The lowest BCUT2D eigenvalue weighted by atomic mass is 10.0. The molecule has 3 aromatic rings.